The van der Waals surface area contributed by atoms with Gasteiger partial charge in [-0.15, -0.1) is 0 Å². The first-order valence-corrected chi connectivity index (χ1v) is 6.33. The highest BCUT2D eigenvalue weighted by Crippen LogP contribution is 2.09. The van der Waals surface area contributed by atoms with Crippen LogP contribution < -0.4 is 0 Å². The van der Waals surface area contributed by atoms with Crippen molar-refractivity contribution in [3.63, 3.8) is 0 Å². The molecule has 0 amide bonds. The summed E-state index contributed by atoms with van der Waals surface area (Å²) < 4.78 is 22.5. The zero-order valence-electron chi connectivity index (χ0n) is 8.15. The minimum atomic E-state index is -2.84. The van der Waals surface area contributed by atoms with Crippen LogP contribution in [0.2, 0.25) is 0 Å². The van der Waals surface area contributed by atoms with Crippen LogP contribution in [-0.2, 0) is 9.84 Å². The Morgan fingerprint density at radius 1 is 1.54 bits per heavy atom. The number of sulfone groups is 1. The maximum Gasteiger partial charge on any atom is 0.155 e. The van der Waals surface area contributed by atoms with Gasteiger partial charge in [0.25, 0.3) is 0 Å². The number of hydrogen-bond acceptors (Lipinski definition) is 4. The smallest absolute Gasteiger partial charge is 0.155 e. The lowest BCUT2D eigenvalue weighted by Crippen LogP contribution is -2.27. The fraction of sp³-hybridized carbons (Fsp3) is 0.875. The molecule has 1 aliphatic heterocycles. The van der Waals surface area contributed by atoms with Crippen LogP contribution in [0.4, 0.5) is 0 Å². The third kappa shape index (κ3) is 3.34. The van der Waals surface area contributed by atoms with Gasteiger partial charge in [0, 0.05) is 13.6 Å². The topological polar surface area (TPSA) is 49.7 Å². The maximum absolute atomic E-state index is 11.2. The van der Waals surface area contributed by atoms with Crippen molar-refractivity contribution in [2.75, 3.05) is 25.1 Å². The Kier molecular flexibility index (Phi) is 3.30. The van der Waals surface area contributed by atoms with Gasteiger partial charge in [-0.3, -0.25) is 0 Å². The Hall–Kier alpha value is -0.580. The monoisotopic (exact) mass is 204 g/mol. The summed E-state index contributed by atoms with van der Waals surface area (Å²) in [6.07, 6.45) is 1.54. The van der Waals surface area contributed by atoms with Crippen LogP contribution in [-0.4, -0.2) is 44.2 Å². The highest BCUT2D eigenvalue weighted by atomic mass is 32.2. The molecule has 0 N–H and O–H groups in total. The average Bonchev–Trinajstić information content (AvgIpc) is 2.02. The Morgan fingerprint density at radius 2 is 2.23 bits per heavy atom. The molecule has 1 aliphatic rings. The van der Waals surface area contributed by atoms with E-state index in [2.05, 4.69) is 5.10 Å². The fourth-order valence-corrected chi connectivity index (χ4v) is 2.72. The zero-order chi connectivity index (χ0) is 9.90. The van der Waals surface area contributed by atoms with Gasteiger partial charge >= 0.3 is 0 Å². The molecule has 1 heterocycles. The highest BCUT2D eigenvalue weighted by molar-refractivity contribution is 7.92. The van der Waals surface area contributed by atoms with Crippen LogP contribution in [0, 0.1) is 0 Å². The summed E-state index contributed by atoms with van der Waals surface area (Å²) >= 11 is 0. The lowest BCUT2D eigenvalue weighted by Gasteiger charge is -2.17. The lowest BCUT2D eigenvalue weighted by atomic mass is 10.2. The van der Waals surface area contributed by atoms with Gasteiger partial charge in [0.2, 0.25) is 0 Å². The molecular formula is C8H16N2O2S. The summed E-state index contributed by atoms with van der Waals surface area (Å²) in [4.78, 5) is 0. The second kappa shape index (κ2) is 4.09. The molecule has 0 unspecified atom stereocenters. The second-order valence-corrected chi connectivity index (χ2v) is 5.52. The van der Waals surface area contributed by atoms with E-state index in [1.54, 1.807) is 5.01 Å². The predicted octanol–water partition coefficient (Wildman–Crippen LogP) is 0.503. The molecule has 1 saturated heterocycles. The molecule has 1 rings (SSSR count). The van der Waals surface area contributed by atoms with E-state index in [1.165, 1.54) is 0 Å². The van der Waals surface area contributed by atoms with E-state index in [4.69, 9.17) is 0 Å². The Bertz CT molecular complexity index is 295. The molecule has 0 aromatic heterocycles. The van der Waals surface area contributed by atoms with Gasteiger partial charge in [-0.25, -0.2) is 8.42 Å². The van der Waals surface area contributed by atoms with Gasteiger partial charge < -0.3 is 5.01 Å². The van der Waals surface area contributed by atoms with Crippen LogP contribution in [0.3, 0.4) is 0 Å². The van der Waals surface area contributed by atoms with Crippen LogP contribution in [0.15, 0.2) is 5.10 Å². The summed E-state index contributed by atoms with van der Waals surface area (Å²) in [5.41, 5.74) is 0.801. The van der Waals surface area contributed by atoms with Crippen molar-refractivity contribution in [3.8, 4) is 0 Å². The van der Waals surface area contributed by atoms with Crippen molar-refractivity contribution in [1.29, 1.82) is 0 Å². The molecular weight excluding hydrogens is 188 g/mol. The summed E-state index contributed by atoms with van der Waals surface area (Å²) in [5, 5.41) is 5.99. The molecule has 0 aromatic rings. The van der Waals surface area contributed by atoms with Crippen LogP contribution >= 0.6 is 0 Å². The van der Waals surface area contributed by atoms with E-state index in [1.807, 2.05) is 14.0 Å². The van der Waals surface area contributed by atoms with Gasteiger partial charge in [0.05, 0.1) is 17.2 Å². The summed E-state index contributed by atoms with van der Waals surface area (Å²) in [6.45, 7) is 2.80. The predicted molar refractivity (Wildman–Crippen MR) is 53.6 cm³/mol. The van der Waals surface area contributed by atoms with Gasteiger partial charge in [-0.1, -0.05) is 0 Å². The molecule has 5 heteroatoms. The van der Waals surface area contributed by atoms with E-state index < -0.39 is 9.84 Å². The van der Waals surface area contributed by atoms with Crippen LogP contribution in [0.5, 0.6) is 0 Å². The third-order valence-electron chi connectivity index (χ3n) is 2.08. The molecule has 0 aliphatic carbocycles. The van der Waals surface area contributed by atoms with E-state index in [-0.39, 0.29) is 5.75 Å². The first-order chi connectivity index (χ1) is 6.03. The number of rotatable bonds is 2. The van der Waals surface area contributed by atoms with E-state index in [0.717, 1.165) is 25.1 Å². The van der Waals surface area contributed by atoms with Crippen molar-refractivity contribution in [1.82, 2.24) is 5.01 Å². The molecule has 13 heavy (non-hydrogen) atoms. The first-order valence-electron chi connectivity index (χ1n) is 4.51. The Labute approximate surface area is 79.5 Å². The van der Waals surface area contributed by atoms with Crippen LogP contribution in [0.1, 0.15) is 19.8 Å². The molecule has 1 fully saturated rings. The molecule has 4 nitrogen and oxygen atoms in total. The van der Waals surface area contributed by atoms with Gasteiger partial charge in [0.1, 0.15) is 0 Å². The minimum Gasteiger partial charge on any atom is -0.300 e. The van der Waals surface area contributed by atoms with Gasteiger partial charge in [-0.05, 0) is 19.8 Å². The molecule has 0 aromatic carbocycles. The van der Waals surface area contributed by atoms with Crippen LogP contribution in [0.25, 0.3) is 0 Å². The molecule has 0 spiro atoms. The summed E-state index contributed by atoms with van der Waals surface area (Å²) in [5.74, 6) is 0.471. The van der Waals surface area contributed by atoms with Gasteiger partial charge in [-0.2, -0.15) is 5.10 Å². The first kappa shape index (κ1) is 10.5. The minimum absolute atomic E-state index is 0.150. The Balaban J connectivity index is 2.67. The van der Waals surface area contributed by atoms with Crippen molar-refractivity contribution in [2.24, 2.45) is 5.10 Å². The van der Waals surface area contributed by atoms with E-state index in [0.29, 0.717) is 5.75 Å². The Morgan fingerprint density at radius 3 is 2.77 bits per heavy atom. The standard InChI is InChI=1S/C8H16N2O2S/c1-3-10(2)9-8-5-4-6-13(11,12)7-8/h3-7H2,1-2H3/b9-8+. The van der Waals surface area contributed by atoms with E-state index >= 15 is 0 Å². The maximum atomic E-state index is 11.2. The normalized spacial score (nSPS) is 24.6. The van der Waals surface area contributed by atoms with Gasteiger partial charge in [0.15, 0.2) is 9.84 Å². The van der Waals surface area contributed by atoms with E-state index in [9.17, 15) is 8.42 Å². The zero-order valence-corrected chi connectivity index (χ0v) is 8.97. The van der Waals surface area contributed by atoms with Crippen molar-refractivity contribution >= 4 is 15.5 Å². The molecule has 76 valence electrons. The third-order valence-corrected chi connectivity index (χ3v) is 3.76. The molecule has 0 atom stereocenters. The SMILES string of the molecule is CCN(C)/N=C1\CCCS(=O)(=O)C1. The summed E-state index contributed by atoms with van der Waals surface area (Å²) in [6, 6.07) is 0. The number of hydrogen-bond donors (Lipinski definition) is 0. The fourth-order valence-electron chi connectivity index (χ4n) is 1.29. The lowest BCUT2D eigenvalue weighted by molar-refractivity contribution is 0.373. The average molecular weight is 204 g/mol. The number of nitrogens with zero attached hydrogens (tertiary/aromatic N) is 2. The molecule has 0 bridgehead atoms. The van der Waals surface area contributed by atoms with Crippen molar-refractivity contribution in [3.05, 3.63) is 0 Å². The summed E-state index contributed by atoms with van der Waals surface area (Å²) in [7, 11) is -0.988. The van der Waals surface area contributed by atoms with Crippen molar-refractivity contribution in [2.45, 2.75) is 19.8 Å². The molecule has 0 saturated carbocycles. The largest absolute Gasteiger partial charge is 0.300 e. The highest BCUT2D eigenvalue weighted by Gasteiger charge is 2.20. The quantitative estimate of drug-likeness (QED) is 0.616. The second-order valence-electron chi connectivity index (χ2n) is 3.34. The van der Waals surface area contributed by atoms with Crippen molar-refractivity contribution < 1.29 is 8.42 Å². The molecule has 0 radical (unpaired) electrons. The number of hydrazone groups is 1.